The van der Waals surface area contributed by atoms with Crippen LogP contribution in [0.15, 0.2) is 47.9 Å². The Balaban J connectivity index is 1.27. The Bertz CT molecular complexity index is 840. The van der Waals surface area contributed by atoms with Gasteiger partial charge in [0.15, 0.2) is 0 Å². The number of hydrogen-bond acceptors (Lipinski definition) is 3. The Kier molecular flexibility index (Phi) is 5.07. The third-order valence-corrected chi connectivity index (χ3v) is 6.08. The van der Waals surface area contributed by atoms with Crippen molar-refractivity contribution in [1.29, 1.82) is 0 Å². The topological polar surface area (TPSA) is 40.6 Å². The lowest BCUT2D eigenvalue weighted by Crippen LogP contribution is -2.50. The molecule has 2 fully saturated rings. The van der Waals surface area contributed by atoms with Gasteiger partial charge in [-0.05, 0) is 47.6 Å². The fourth-order valence-corrected chi connectivity index (χ4v) is 4.19. The molecule has 4 nitrogen and oxygen atoms in total. The van der Waals surface area contributed by atoms with E-state index in [4.69, 9.17) is 0 Å². The second kappa shape index (κ2) is 7.64. The SMILES string of the molecule is O=C(/C=C/c1cccs1)N1CCN(C(=O)C2CC2c2ccc(F)cc2)CC1. The van der Waals surface area contributed by atoms with Gasteiger partial charge in [-0.2, -0.15) is 0 Å². The second-order valence-corrected chi connectivity index (χ2v) is 7.98. The normalized spacial score (nSPS) is 22.3. The van der Waals surface area contributed by atoms with Crippen LogP contribution in [-0.4, -0.2) is 47.8 Å². The van der Waals surface area contributed by atoms with E-state index in [2.05, 4.69) is 0 Å². The summed E-state index contributed by atoms with van der Waals surface area (Å²) in [7, 11) is 0. The summed E-state index contributed by atoms with van der Waals surface area (Å²) in [5.74, 6) is 0.0933. The van der Waals surface area contributed by atoms with Gasteiger partial charge in [0.1, 0.15) is 5.82 Å². The first-order valence-electron chi connectivity index (χ1n) is 9.16. The monoisotopic (exact) mass is 384 g/mol. The largest absolute Gasteiger partial charge is 0.339 e. The molecule has 1 aromatic heterocycles. The molecule has 2 unspecified atom stereocenters. The molecule has 0 radical (unpaired) electrons. The number of thiophene rings is 1. The molecule has 1 aromatic carbocycles. The van der Waals surface area contributed by atoms with Gasteiger partial charge in [0.05, 0.1) is 0 Å². The maximum atomic E-state index is 13.0. The van der Waals surface area contributed by atoms with Gasteiger partial charge in [-0.1, -0.05) is 18.2 Å². The summed E-state index contributed by atoms with van der Waals surface area (Å²) in [5, 5.41) is 1.98. The lowest BCUT2D eigenvalue weighted by atomic mass is 10.1. The Morgan fingerprint density at radius 3 is 2.41 bits per heavy atom. The van der Waals surface area contributed by atoms with Crippen LogP contribution in [0, 0.1) is 11.7 Å². The molecule has 1 saturated heterocycles. The molecule has 140 valence electrons. The van der Waals surface area contributed by atoms with Crippen LogP contribution >= 0.6 is 11.3 Å². The van der Waals surface area contributed by atoms with Gasteiger partial charge < -0.3 is 9.80 Å². The van der Waals surface area contributed by atoms with Gasteiger partial charge in [-0.25, -0.2) is 4.39 Å². The number of piperazine rings is 1. The van der Waals surface area contributed by atoms with Crippen molar-refractivity contribution < 1.29 is 14.0 Å². The van der Waals surface area contributed by atoms with E-state index in [1.807, 2.05) is 28.5 Å². The van der Waals surface area contributed by atoms with Crippen molar-refractivity contribution in [2.75, 3.05) is 26.2 Å². The van der Waals surface area contributed by atoms with E-state index in [9.17, 15) is 14.0 Å². The predicted molar refractivity (Wildman–Crippen MR) is 104 cm³/mol. The first-order valence-corrected chi connectivity index (χ1v) is 10.0. The number of carbonyl (C=O) groups is 2. The summed E-state index contributed by atoms with van der Waals surface area (Å²) in [6.45, 7) is 2.27. The number of amides is 2. The van der Waals surface area contributed by atoms with Crippen molar-refractivity contribution in [1.82, 2.24) is 9.80 Å². The first kappa shape index (κ1) is 17.9. The minimum atomic E-state index is -0.254. The molecular weight excluding hydrogens is 363 g/mol. The lowest BCUT2D eigenvalue weighted by Gasteiger charge is -2.34. The lowest BCUT2D eigenvalue weighted by molar-refractivity contribution is -0.138. The Morgan fingerprint density at radius 1 is 1.04 bits per heavy atom. The standard InChI is InChI=1S/C21H21FN2O2S/c22-16-5-3-15(4-6-16)18-14-19(18)21(26)24-11-9-23(10-12-24)20(25)8-7-17-2-1-13-27-17/h1-8,13,18-19H,9-12,14H2/b8-7+. The van der Waals surface area contributed by atoms with E-state index in [1.54, 1.807) is 34.4 Å². The Morgan fingerprint density at radius 2 is 1.74 bits per heavy atom. The van der Waals surface area contributed by atoms with Crippen LogP contribution in [-0.2, 0) is 9.59 Å². The van der Waals surface area contributed by atoms with E-state index in [1.165, 1.54) is 12.1 Å². The zero-order chi connectivity index (χ0) is 18.8. The molecule has 4 rings (SSSR count). The van der Waals surface area contributed by atoms with Crippen molar-refractivity contribution >= 4 is 29.2 Å². The maximum absolute atomic E-state index is 13.0. The molecule has 6 heteroatoms. The average Bonchev–Trinajstić information content (AvgIpc) is 3.32. The molecular formula is C21H21FN2O2S. The van der Waals surface area contributed by atoms with Gasteiger partial charge in [0.2, 0.25) is 11.8 Å². The quantitative estimate of drug-likeness (QED) is 0.759. The zero-order valence-electron chi connectivity index (χ0n) is 14.9. The summed E-state index contributed by atoms with van der Waals surface area (Å²) in [5.41, 5.74) is 1.03. The molecule has 0 spiro atoms. The number of hydrogen-bond donors (Lipinski definition) is 0. The molecule has 2 heterocycles. The second-order valence-electron chi connectivity index (χ2n) is 7.00. The van der Waals surface area contributed by atoms with E-state index >= 15 is 0 Å². The minimum absolute atomic E-state index is 0.00330. The van der Waals surface area contributed by atoms with Crippen molar-refractivity contribution in [3.05, 3.63) is 64.1 Å². The summed E-state index contributed by atoms with van der Waals surface area (Å²) >= 11 is 1.59. The van der Waals surface area contributed by atoms with E-state index in [0.29, 0.717) is 26.2 Å². The van der Waals surface area contributed by atoms with Crippen LogP contribution < -0.4 is 0 Å². The fraction of sp³-hybridized carbons (Fsp3) is 0.333. The fourth-order valence-electron chi connectivity index (χ4n) is 3.57. The van der Waals surface area contributed by atoms with Crippen LogP contribution in [0.25, 0.3) is 6.08 Å². The summed E-state index contributed by atoms with van der Waals surface area (Å²) in [4.78, 5) is 29.7. The highest BCUT2D eigenvalue weighted by Gasteiger charge is 2.46. The highest BCUT2D eigenvalue weighted by atomic mass is 32.1. The molecule has 2 amide bonds. The summed E-state index contributed by atoms with van der Waals surface area (Å²) in [6.07, 6.45) is 4.27. The van der Waals surface area contributed by atoms with Crippen LogP contribution in [0.5, 0.6) is 0 Å². The number of benzene rings is 1. The molecule has 2 aromatic rings. The van der Waals surface area contributed by atoms with Gasteiger partial charge in [-0.15, -0.1) is 11.3 Å². The molecule has 27 heavy (non-hydrogen) atoms. The van der Waals surface area contributed by atoms with E-state index in [0.717, 1.165) is 16.9 Å². The summed E-state index contributed by atoms with van der Waals surface area (Å²) < 4.78 is 13.0. The molecule has 0 N–H and O–H groups in total. The number of halogens is 1. The molecule has 1 saturated carbocycles. The molecule has 1 aliphatic carbocycles. The van der Waals surface area contributed by atoms with E-state index in [-0.39, 0.29) is 29.5 Å². The van der Waals surface area contributed by atoms with Crippen LogP contribution in [0.1, 0.15) is 22.8 Å². The number of carbonyl (C=O) groups excluding carboxylic acids is 2. The predicted octanol–water partition coefficient (Wildman–Crippen LogP) is 3.37. The highest BCUT2D eigenvalue weighted by Crippen LogP contribution is 2.48. The van der Waals surface area contributed by atoms with Gasteiger partial charge in [0, 0.05) is 43.1 Å². The van der Waals surface area contributed by atoms with Crippen molar-refractivity contribution in [2.45, 2.75) is 12.3 Å². The maximum Gasteiger partial charge on any atom is 0.246 e. The van der Waals surface area contributed by atoms with Crippen molar-refractivity contribution in [3.8, 4) is 0 Å². The van der Waals surface area contributed by atoms with Gasteiger partial charge >= 0.3 is 0 Å². The third kappa shape index (κ3) is 4.11. The highest BCUT2D eigenvalue weighted by molar-refractivity contribution is 7.10. The Hall–Kier alpha value is -2.47. The van der Waals surface area contributed by atoms with Crippen molar-refractivity contribution in [2.24, 2.45) is 5.92 Å². The smallest absolute Gasteiger partial charge is 0.246 e. The molecule has 2 aliphatic rings. The molecule has 2 atom stereocenters. The third-order valence-electron chi connectivity index (χ3n) is 5.24. The van der Waals surface area contributed by atoms with Crippen LogP contribution in [0.2, 0.25) is 0 Å². The first-order chi connectivity index (χ1) is 13.1. The average molecular weight is 384 g/mol. The van der Waals surface area contributed by atoms with Gasteiger partial charge in [-0.3, -0.25) is 9.59 Å². The number of nitrogens with zero attached hydrogens (tertiary/aromatic N) is 2. The summed E-state index contributed by atoms with van der Waals surface area (Å²) in [6, 6.07) is 10.4. The minimum Gasteiger partial charge on any atom is -0.339 e. The molecule has 0 bridgehead atoms. The molecule has 1 aliphatic heterocycles. The van der Waals surface area contributed by atoms with Crippen molar-refractivity contribution in [3.63, 3.8) is 0 Å². The van der Waals surface area contributed by atoms with Crippen LogP contribution in [0.4, 0.5) is 4.39 Å². The van der Waals surface area contributed by atoms with E-state index < -0.39 is 0 Å². The van der Waals surface area contributed by atoms with Crippen LogP contribution in [0.3, 0.4) is 0 Å². The Labute approximate surface area is 161 Å². The van der Waals surface area contributed by atoms with Gasteiger partial charge in [0.25, 0.3) is 0 Å². The zero-order valence-corrected chi connectivity index (χ0v) is 15.7. The number of rotatable bonds is 4.